The molecule has 3 heterocycles. The van der Waals surface area contributed by atoms with E-state index in [1.807, 2.05) is 13.8 Å². The standard InChI is InChI=1S/C31H36F4N6O4S/c1-20(2)18-45-30(42)29-28(25-15-24(32)7-8-26(25)37-29)27-17-41(39-38-27)16-21-9-12-40(13-10-21)14-11-36-46(43,44)19-22-3-5-23(6-4-22)31(33,34)35/h3-8,15,17,20-21,36-37H,9-14,16,18-19H2,1-2H3. The minimum atomic E-state index is -4.48. The summed E-state index contributed by atoms with van der Waals surface area (Å²) in [6.45, 7) is 6.88. The fourth-order valence-corrected chi connectivity index (χ4v) is 6.61. The van der Waals surface area contributed by atoms with Gasteiger partial charge in [-0.1, -0.05) is 31.2 Å². The molecule has 0 radical (unpaired) electrons. The third-order valence-corrected chi connectivity index (χ3v) is 9.20. The van der Waals surface area contributed by atoms with Gasteiger partial charge in [-0.3, -0.25) is 4.68 Å². The number of esters is 1. The number of fused-ring (bicyclic) bond motifs is 1. The third-order valence-electron chi connectivity index (χ3n) is 7.85. The number of hydrogen-bond acceptors (Lipinski definition) is 7. The van der Waals surface area contributed by atoms with Crippen LogP contribution in [0.3, 0.4) is 0 Å². The molecular weight excluding hydrogens is 628 g/mol. The summed E-state index contributed by atoms with van der Waals surface area (Å²) in [7, 11) is -3.71. The molecule has 0 spiro atoms. The van der Waals surface area contributed by atoms with Crippen molar-refractivity contribution in [2.75, 3.05) is 32.8 Å². The number of sulfonamides is 1. The molecule has 1 fully saturated rings. The lowest BCUT2D eigenvalue weighted by molar-refractivity contribution is -0.137. The van der Waals surface area contributed by atoms with Gasteiger partial charge in [0.25, 0.3) is 0 Å². The largest absolute Gasteiger partial charge is 0.461 e. The van der Waals surface area contributed by atoms with Gasteiger partial charge >= 0.3 is 12.1 Å². The lowest BCUT2D eigenvalue weighted by Gasteiger charge is -2.31. The van der Waals surface area contributed by atoms with Crippen molar-refractivity contribution in [1.82, 2.24) is 29.6 Å². The quantitative estimate of drug-likeness (QED) is 0.157. The SMILES string of the molecule is CC(C)COC(=O)c1[nH]c2ccc(F)cc2c1-c1cn(CC2CCN(CCNS(=O)(=O)Cc3ccc(C(F)(F)F)cc3)CC2)nn1. The number of ether oxygens (including phenoxy) is 1. The summed E-state index contributed by atoms with van der Waals surface area (Å²) >= 11 is 0. The number of carbonyl (C=O) groups is 1. The molecule has 0 aliphatic carbocycles. The van der Waals surface area contributed by atoms with Crippen molar-refractivity contribution in [3.05, 3.63) is 71.3 Å². The van der Waals surface area contributed by atoms with Crippen molar-refractivity contribution < 1.29 is 35.5 Å². The van der Waals surface area contributed by atoms with Crippen molar-refractivity contribution >= 4 is 26.9 Å². The number of nitrogens with zero attached hydrogens (tertiary/aromatic N) is 4. The number of nitrogens with one attached hydrogen (secondary N) is 2. The van der Waals surface area contributed by atoms with Crippen LogP contribution in [0.2, 0.25) is 0 Å². The average Bonchev–Trinajstić information content (AvgIpc) is 3.60. The Labute approximate surface area is 264 Å². The number of aromatic nitrogens is 4. The third kappa shape index (κ3) is 8.50. The van der Waals surface area contributed by atoms with Crippen LogP contribution < -0.4 is 4.72 Å². The highest BCUT2D eigenvalue weighted by molar-refractivity contribution is 7.88. The number of benzene rings is 2. The summed E-state index contributed by atoms with van der Waals surface area (Å²) < 4.78 is 87.0. The minimum Gasteiger partial charge on any atom is -0.461 e. The number of piperidine rings is 1. The van der Waals surface area contributed by atoms with Gasteiger partial charge in [-0.15, -0.1) is 5.10 Å². The van der Waals surface area contributed by atoms with E-state index in [1.54, 1.807) is 16.9 Å². The van der Waals surface area contributed by atoms with Crippen LogP contribution in [0.4, 0.5) is 17.6 Å². The minimum absolute atomic E-state index is 0.145. The molecule has 2 aromatic heterocycles. The lowest BCUT2D eigenvalue weighted by atomic mass is 9.97. The van der Waals surface area contributed by atoms with E-state index in [2.05, 4.69) is 24.9 Å². The number of alkyl halides is 3. The second-order valence-electron chi connectivity index (χ2n) is 12.0. The molecule has 0 bridgehead atoms. The zero-order valence-corrected chi connectivity index (χ0v) is 26.3. The van der Waals surface area contributed by atoms with Crippen LogP contribution in [0.25, 0.3) is 22.2 Å². The monoisotopic (exact) mass is 664 g/mol. The molecule has 4 aromatic rings. The summed E-state index contributed by atoms with van der Waals surface area (Å²) in [4.78, 5) is 18.1. The summed E-state index contributed by atoms with van der Waals surface area (Å²) in [5.74, 6) is -0.962. The molecule has 46 heavy (non-hydrogen) atoms. The predicted octanol–water partition coefficient (Wildman–Crippen LogP) is 5.23. The zero-order chi connectivity index (χ0) is 33.1. The van der Waals surface area contributed by atoms with Crippen LogP contribution >= 0.6 is 0 Å². The van der Waals surface area contributed by atoms with Gasteiger partial charge in [0.05, 0.1) is 24.1 Å². The van der Waals surface area contributed by atoms with Crippen molar-refractivity contribution in [2.24, 2.45) is 11.8 Å². The van der Waals surface area contributed by atoms with Gasteiger partial charge in [0.2, 0.25) is 10.0 Å². The molecule has 10 nitrogen and oxygen atoms in total. The maximum absolute atomic E-state index is 14.2. The van der Waals surface area contributed by atoms with E-state index in [-0.39, 0.29) is 36.2 Å². The molecule has 2 aromatic carbocycles. The van der Waals surface area contributed by atoms with E-state index < -0.39 is 39.3 Å². The first kappa shape index (κ1) is 33.5. The smallest absolute Gasteiger partial charge is 0.416 e. The Balaban J connectivity index is 1.13. The first-order valence-electron chi connectivity index (χ1n) is 15.0. The van der Waals surface area contributed by atoms with E-state index in [0.29, 0.717) is 35.2 Å². The van der Waals surface area contributed by atoms with Crippen molar-refractivity contribution in [3.63, 3.8) is 0 Å². The Hall–Kier alpha value is -3.82. The Morgan fingerprint density at radius 2 is 1.85 bits per heavy atom. The number of H-pyrrole nitrogens is 1. The second-order valence-corrected chi connectivity index (χ2v) is 13.8. The molecule has 15 heteroatoms. The Morgan fingerprint density at radius 1 is 1.13 bits per heavy atom. The molecular formula is C31H36F4N6O4S. The molecule has 0 saturated carbocycles. The van der Waals surface area contributed by atoms with Crippen LogP contribution in [-0.2, 0) is 33.2 Å². The Morgan fingerprint density at radius 3 is 2.52 bits per heavy atom. The van der Waals surface area contributed by atoms with Gasteiger partial charge in [-0.05, 0) is 73.7 Å². The molecule has 248 valence electrons. The highest BCUT2D eigenvalue weighted by Crippen LogP contribution is 2.33. The topological polar surface area (TPSA) is 122 Å². The second kappa shape index (κ2) is 13.9. The first-order chi connectivity index (χ1) is 21.8. The number of aromatic amines is 1. The van der Waals surface area contributed by atoms with Gasteiger partial charge < -0.3 is 14.6 Å². The molecule has 2 N–H and O–H groups in total. The highest BCUT2D eigenvalue weighted by Gasteiger charge is 2.30. The maximum Gasteiger partial charge on any atom is 0.416 e. The highest BCUT2D eigenvalue weighted by atomic mass is 32.2. The molecule has 5 rings (SSSR count). The van der Waals surface area contributed by atoms with Crippen LogP contribution in [0, 0.1) is 17.7 Å². The Bertz CT molecular complexity index is 1760. The fraction of sp³-hybridized carbons (Fsp3) is 0.452. The molecule has 1 aliphatic rings. The summed E-state index contributed by atoms with van der Waals surface area (Å²) in [5, 5.41) is 9.09. The number of rotatable bonds is 12. The summed E-state index contributed by atoms with van der Waals surface area (Å²) in [6, 6.07) is 8.33. The maximum atomic E-state index is 14.2. The predicted molar refractivity (Wildman–Crippen MR) is 164 cm³/mol. The van der Waals surface area contributed by atoms with Crippen molar-refractivity contribution in [2.45, 2.75) is 45.2 Å². The van der Waals surface area contributed by atoms with Gasteiger partial charge in [0.1, 0.15) is 17.2 Å². The van der Waals surface area contributed by atoms with Crippen LogP contribution in [0.1, 0.15) is 48.3 Å². The number of hydrogen-bond donors (Lipinski definition) is 2. The van der Waals surface area contributed by atoms with Gasteiger partial charge in [-0.2, -0.15) is 13.2 Å². The number of halogens is 4. The van der Waals surface area contributed by atoms with E-state index >= 15 is 0 Å². The average molecular weight is 665 g/mol. The Kier molecular flexibility index (Phi) is 10.1. The molecule has 0 atom stereocenters. The van der Waals surface area contributed by atoms with Crippen LogP contribution in [0.15, 0.2) is 48.7 Å². The van der Waals surface area contributed by atoms with E-state index in [9.17, 15) is 30.8 Å². The van der Waals surface area contributed by atoms with Gasteiger partial charge in [-0.25, -0.2) is 22.3 Å². The molecule has 0 unspecified atom stereocenters. The number of likely N-dealkylation sites (tertiary alicyclic amines) is 1. The molecule has 0 amide bonds. The van der Waals surface area contributed by atoms with E-state index in [4.69, 9.17) is 4.74 Å². The lowest BCUT2D eigenvalue weighted by Crippen LogP contribution is -2.40. The molecule has 1 saturated heterocycles. The van der Waals surface area contributed by atoms with Crippen LogP contribution in [-0.4, -0.2) is 72.1 Å². The summed E-state index contributed by atoms with van der Waals surface area (Å²) in [6.07, 6.45) is -1.04. The molecule has 1 aliphatic heterocycles. The fourth-order valence-electron chi connectivity index (χ4n) is 5.48. The first-order valence-corrected chi connectivity index (χ1v) is 16.7. The van der Waals surface area contributed by atoms with Gasteiger partial charge in [0, 0.05) is 36.1 Å². The van der Waals surface area contributed by atoms with E-state index in [1.165, 1.54) is 24.3 Å². The normalized spacial score (nSPS) is 15.2. The summed E-state index contributed by atoms with van der Waals surface area (Å²) in [5.41, 5.74) is 1.08. The van der Waals surface area contributed by atoms with Crippen molar-refractivity contribution in [3.8, 4) is 11.3 Å². The van der Waals surface area contributed by atoms with E-state index in [0.717, 1.165) is 38.1 Å². The van der Waals surface area contributed by atoms with Gasteiger partial charge in [0.15, 0.2) is 0 Å². The van der Waals surface area contributed by atoms with Crippen LogP contribution in [0.5, 0.6) is 0 Å². The zero-order valence-electron chi connectivity index (χ0n) is 25.5. The number of carbonyl (C=O) groups excluding carboxylic acids is 1. The van der Waals surface area contributed by atoms with Crippen molar-refractivity contribution in [1.29, 1.82) is 0 Å².